The van der Waals surface area contributed by atoms with Crippen LogP contribution in [0.15, 0.2) is 77.9 Å². The van der Waals surface area contributed by atoms with Gasteiger partial charge in [0.15, 0.2) is 23.9 Å². The Morgan fingerprint density at radius 3 is 2.68 bits per heavy atom. The number of hydrogen-bond acceptors (Lipinski definition) is 8. The number of carbonyl (C=O) groups is 1. The molecule has 0 saturated heterocycles. The van der Waals surface area contributed by atoms with Crippen LogP contribution in [0.2, 0.25) is 5.02 Å². The van der Waals surface area contributed by atoms with Crippen LogP contribution in [0.5, 0.6) is 11.5 Å². The summed E-state index contributed by atoms with van der Waals surface area (Å²) in [7, 11) is 1.47. The van der Waals surface area contributed by atoms with Crippen molar-refractivity contribution in [1.82, 2.24) is 9.66 Å². The standard InChI is InChI=1S/C29H22Br2ClN3O6/c1-15(2)40-24(36)14-39-27-22(38-3)12-17(25(30)26(27)31)13-33-35-28(34-20-7-5-4-6-19(20)29(35)37)23-11-16-10-18(32)8-9-21(16)41-23/h4-13,15H,14H2,1-3H3. The number of aromatic nitrogens is 2. The molecule has 2 heterocycles. The van der Waals surface area contributed by atoms with Crippen LogP contribution in [0.4, 0.5) is 0 Å². The number of hydrogen-bond donors (Lipinski definition) is 0. The van der Waals surface area contributed by atoms with E-state index in [-0.39, 0.29) is 24.1 Å². The van der Waals surface area contributed by atoms with E-state index in [1.54, 1.807) is 68.4 Å². The monoisotopic (exact) mass is 701 g/mol. The molecule has 0 atom stereocenters. The second-order valence-electron chi connectivity index (χ2n) is 9.06. The third kappa shape index (κ3) is 6.02. The van der Waals surface area contributed by atoms with Crippen LogP contribution in [-0.4, -0.2) is 41.7 Å². The second kappa shape index (κ2) is 12.1. The van der Waals surface area contributed by atoms with Gasteiger partial charge in [-0.05, 0) is 88.2 Å². The lowest BCUT2D eigenvalue weighted by Gasteiger charge is -2.15. The SMILES string of the molecule is COc1cc(C=Nn2c(-c3cc4cc(Cl)ccc4o3)nc3ccccc3c2=O)c(Br)c(Br)c1OCC(=O)OC(C)C. The number of halogens is 3. The molecule has 0 aliphatic heterocycles. The van der Waals surface area contributed by atoms with Gasteiger partial charge in [0.2, 0.25) is 5.82 Å². The Bertz CT molecular complexity index is 1880. The Hall–Kier alpha value is -3.67. The maximum absolute atomic E-state index is 13.6. The van der Waals surface area contributed by atoms with Gasteiger partial charge in [0.05, 0.1) is 34.8 Å². The number of esters is 1. The normalized spacial score (nSPS) is 11.6. The zero-order valence-electron chi connectivity index (χ0n) is 22.0. The van der Waals surface area contributed by atoms with Crippen molar-refractivity contribution in [2.24, 2.45) is 5.10 Å². The molecular weight excluding hydrogens is 682 g/mol. The average molecular weight is 704 g/mol. The zero-order valence-corrected chi connectivity index (χ0v) is 25.9. The molecule has 2 aromatic heterocycles. The third-order valence-corrected chi connectivity index (χ3v) is 8.22. The summed E-state index contributed by atoms with van der Waals surface area (Å²) in [5.74, 6) is 0.667. The van der Waals surface area contributed by atoms with Crippen molar-refractivity contribution >= 4 is 77.5 Å². The molecule has 0 radical (unpaired) electrons. The molecule has 0 saturated carbocycles. The predicted molar refractivity (Wildman–Crippen MR) is 164 cm³/mol. The summed E-state index contributed by atoms with van der Waals surface area (Å²) in [6, 6.07) is 15.7. The summed E-state index contributed by atoms with van der Waals surface area (Å²) in [6.07, 6.45) is 1.21. The molecule has 3 aromatic carbocycles. The molecule has 0 bridgehead atoms. The number of nitrogens with zero attached hydrogens (tertiary/aromatic N) is 3. The largest absolute Gasteiger partial charge is 0.493 e. The van der Waals surface area contributed by atoms with Gasteiger partial charge in [-0.2, -0.15) is 9.78 Å². The number of methoxy groups -OCH3 is 1. The fraction of sp³-hybridized carbons (Fsp3) is 0.172. The van der Waals surface area contributed by atoms with E-state index in [1.807, 2.05) is 0 Å². The van der Waals surface area contributed by atoms with Gasteiger partial charge in [0.25, 0.3) is 5.56 Å². The Kier molecular flexibility index (Phi) is 8.48. The zero-order chi connectivity index (χ0) is 29.3. The number of carbonyl (C=O) groups excluding carboxylic acids is 1. The molecule has 0 amide bonds. The van der Waals surface area contributed by atoms with Crippen molar-refractivity contribution in [3.05, 3.63) is 84.5 Å². The first kappa shape index (κ1) is 28.8. The molecule has 0 fully saturated rings. The second-order valence-corrected chi connectivity index (χ2v) is 11.1. The van der Waals surface area contributed by atoms with Crippen molar-refractivity contribution in [2.75, 3.05) is 13.7 Å². The molecule has 0 spiro atoms. The summed E-state index contributed by atoms with van der Waals surface area (Å²) < 4.78 is 24.6. The molecule has 5 aromatic rings. The molecule has 41 heavy (non-hydrogen) atoms. The molecule has 0 aliphatic carbocycles. The van der Waals surface area contributed by atoms with Gasteiger partial charge in [-0.25, -0.2) is 9.78 Å². The summed E-state index contributed by atoms with van der Waals surface area (Å²) in [5.41, 5.74) is 1.26. The summed E-state index contributed by atoms with van der Waals surface area (Å²) in [6.45, 7) is 3.20. The first-order valence-corrected chi connectivity index (χ1v) is 14.3. The molecular formula is C29H22Br2ClN3O6. The van der Waals surface area contributed by atoms with Crippen molar-refractivity contribution in [3.8, 4) is 23.1 Å². The molecule has 210 valence electrons. The van der Waals surface area contributed by atoms with Crippen LogP contribution in [0, 0.1) is 0 Å². The fourth-order valence-corrected chi connectivity index (χ4v) is 5.16. The molecule has 5 rings (SSSR count). The summed E-state index contributed by atoms with van der Waals surface area (Å²) in [5, 5.41) is 6.22. The maximum atomic E-state index is 13.6. The topological polar surface area (TPSA) is 105 Å². The van der Waals surface area contributed by atoms with Gasteiger partial charge >= 0.3 is 5.97 Å². The highest BCUT2D eigenvalue weighted by molar-refractivity contribution is 9.13. The average Bonchev–Trinajstić information content (AvgIpc) is 3.36. The number of furan rings is 1. The Balaban J connectivity index is 1.59. The van der Waals surface area contributed by atoms with Gasteiger partial charge in [-0.15, -0.1) is 0 Å². The van der Waals surface area contributed by atoms with E-state index in [0.29, 0.717) is 53.3 Å². The van der Waals surface area contributed by atoms with E-state index < -0.39 is 5.97 Å². The smallest absolute Gasteiger partial charge is 0.344 e. The van der Waals surface area contributed by atoms with Crippen molar-refractivity contribution in [2.45, 2.75) is 20.0 Å². The molecule has 9 nitrogen and oxygen atoms in total. The number of benzene rings is 3. The van der Waals surface area contributed by atoms with Crippen LogP contribution < -0.4 is 15.0 Å². The first-order valence-electron chi connectivity index (χ1n) is 12.3. The number of rotatable bonds is 8. The summed E-state index contributed by atoms with van der Waals surface area (Å²) >= 11 is 13.2. The quantitative estimate of drug-likeness (QED) is 0.124. The Labute approximate surface area is 255 Å². The lowest BCUT2D eigenvalue weighted by molar-refractivity contribution is -0.149. The summed E-state index contributed by atoms with van der Waals surface area (Å²) in [4.78, 5) is 30.3. The van der Waals surface area contributed by atoms with E-state index in [2.05, 4.69) is 37.0 Å². The molecule has 0 unspecified atom stereocenters. The Morgan fingerprint density at radius 1 is 1.15 bits per heavy atom. The van der Waals surface area contributed by atoms with E-state index in [1.165, 1.54) is 18.0 Å². The molecule has 12 heteroatoms. The van der Waals surface area contributed by atoms with Gasteiger partial charge in [0.1, 0.15) is 5.58 Å². The first-order chi connectivity index (χ1) is 19.7. The van der Waals surface area contributed by atoms with Crippen LogP contribution >= 0.6 is 43.5 Å². The van der Waals surface area contributed by atoms with Crippen LogP contribution in [0.25, 0.3) is 33.5 Å². The lowest BCUT2D eigenvalue weighted by Crippen LogP contribution is -2.20. The van der Waals surface area contributed by atoms with Crippen molar-refractivity contribution in [3.63, 3.8) is 0 Å². The van der Waals surface area contributed by atoms with Gasteiger partial charge in [-0.3, -0.25) is 4.79 Å². The minimum atomic E-state index is -0.515. The van der Waals surface area contributed by atoms with Gasteiger partial charge in [0, 0.05) is 20.4 Å². The van der Waals surface area contributed by atoms with E-state index in [9.17, 15) is 9.59 Å². The Morgan fingerprint density at radius 2 is 1.93 bits per heavy atom. The van der Waals surface area contributed by atoms with Crippen LogP contribution in [0.3, 0.4) is 0 Å². The lowest BCUT2D eigenvalue weighted by atomic mass is 10.2. The van der Waals surface area contributed by atoms with E-state index in [0.717, 1.165) is 5.39 Å². The number of para-hydroxylation sites is 1. The minimum Gasteiger partial charge on any atom is -0.493 e. The highest BCUT2D eigenvalue weighted by atomic mass is 79.9. The maximum Gasteiger partial charge on any atom is 0.344 e. The van der Waals surface area contributed by atoms with E-state index >= 15 is 0 Å². The number of fused-ring (bicyclic) bond motifs is 2. The van der Waals surface area contributed by atoms with Crippen molar-refractivity contribution in [1.29, 1.82) is 0 Å². The fourth-order valence-electron chi connectivity index (χ4n) is 4.05. The van der Waals surface area contributed by atoms with Crippen LogP contribution in [0.1, 0.15) is 19.4 Å². The van der Waals surface area contributed by atoms with Crippen LogP contribution in [-0.2, 0) is 9.53 Å². The van der Waals surface area contributed by atoms with E-state index in [4.69, 9.17) is 35.2 Å². The predicted octanol–water partition coefficient (Wildman–Crippen LogP) is 7.21. The highest BCUT2D eigenvalue weighted by Gasteiger charge is 2.20. The third-order valence-electron chi connectivity index (χ3n) is 5.84. The van der Waals surface area contributed by atoms with Gasteiger partial charge < -0.3 is 18.6 Å². The molecule has 0 N–H and O–H groups in total. The molecule has 0 aliphatic rings. The van der Waals surface area contributed by atoms with Gasteiger partial charge in [-0.1, -0.05) is 23.7 Å². The number of ether oxygens (including phenoxy) is 3. The highest BCUT2D eigenvalue weighted by Crippen LogP contribution is 2.42. The minimum absolute atomic E-state index is 0.211. The van der Waals surface area contributed by atoms with Crippen molar-refractivity contribution < 1.29 is 23.4 Å².